The standard InChI is InChI=1S/C8H10ClN3O3/c1-3-12-6(7(9)11-14)4-5(10-12)8(13)15-2/h4,14H,3H2,1-2H3/b11-7-. The molecule has 0 aromatic carbocycles. The molecule has 0 saturated carbocycles. The van der Waals surface area contributed by atoms with Crippen LogP contribution in [0.2, 0.25) is 0 Å². The molecule has 7 heteroatoms. The third kappa shape index (κ3) is 2.27. The average Bonchev–Trinajstić information content (AvgIpc) is 2.70. The molecule has 15 heavy (non-hydrogen) atoms. The number of aryl methyl sites for hydroxylation is 1. The first-order valence-electron chi connectivity index (χ1n) is 4.18. The number of oxime groups is 1. The maximum absolute atomic E-state index is 11.2. The van der Waals surface area contributed by atoms with Crippen molar-refractivity contribution in [3.63, 3.8) is 0 Å². The number of ether oxygens (including phenoxy) is 1. The molecule has 1 aromatic heterocycles. The molecule has 0 amide bonds. The number of aromatic nitrogens is 2. The zero-order valence-electron chi connectivity index (χ0n) is 8.27. The highest BCUT2D eigenvalue weighted by Crippen LogP contribution is 2.09. The maximum Gasteiger partial charge on any atom is 0.358 e. The van der Waals surface area contributed by atoms with Crippen LogP contribution in [0, 0.1) is 0 Å². The van der Waals surface area contributed by atoms with Crippen molar-refractivity contribution in [2.24, 2.45) is 5.16 Å². The Bertz CT molecular complexity index is 400. The van der Waals surface area contributed by atoms with Crippen LogP contribution in [0.3, 0.4) is 0 Å². The van der Waals surface area contributed by atoms with E-state index in [-0.39, 0.29) is 10.9 Å². The molecule has 0 atom stereocenters. The summed E-state index contributed by atoms with van der Waals surface area (Å²) in [6, 6.07) is 1.40. The van der Waals surface area contributed by atoms with E-state index in [1.807, 2.05) is 6.92 Å². The highest BCUT2D eigenvalue weighted by molar-refractivity contribution is 6.69. The largest absolute Gasteiger partial charge is 0.464 e. The van der Waals surface area contributed by atoms with Crippen molar-refractivity contribution in [3.8, 4) is 0 Å². The fourth-order valence-electron chi connectivity index (χ4n) is 1.08. The zero-order valence-corrected chi connectivity index (χ0v) is 9.02. The Morgan fingerprint density at radius 2 is 2.47 bits per heavy atom. The molecule has 1 rings (SSSR count). The number of esters is 1. The topological polar surface area (TPSA) is 76.7 Å². The van der Waals surface area contributed by atoms with E-state index in [1.165, 1.54) is 17.9 Å². The summed E-state index contributed by atoms with van der Waals surface area (Å²) in [4.78, 5) is 11.2. The molecule has 0 unspecified atom stereocenters. The number of hydrogen-bond acceptors (Lipinski definition) is 5. The second kappa shape index (κ2) is 4.79. The van der Waals surface area contributed by atoms with Crippen molar-refractivity contribution in [2.75, 3.05) is 7.11 Å². The molecule has 0 spiro atoms. The van der Waals surface area contributed by atoms with E-state index < -0.39 is 5.97 Å². The fourth-order valence-corrected chi connectivity index (χ4v) is 1.23. The minimum atomic E-state index is -0.564. The zero-order chi connectivity index (χ0) is 11.4. The maximum atomic E-state index is 11.2. The summed E-state index contributed by atoms with van der Waals surface area (Å²) in [6.07, 6.45) is 0. The number of carbonyl (C=O) groups is 1. The van der Waals surface area contributed by atoms with E-state index in [0.717, 1.165) is 0 Å². The van der Waals surface area contributed by atoms with Crippen LogP contribution in [0.25, 0.3) is 0 Å². The van der Waals surface area contributed by atoms with Gasteiger partial charge in [0.05, 0.1) is 7.11 Å². The van der Waals surface area contributed by atoms with Gasteiger partial charge < -0.3 is 9.94 Å². The van der Waals surface area contributed by atoms with Gasteiger partial charge in [0.25, 0.3) is 0 Å². The van der Waals surface area contributed by atoms with Gasteiger partial charge in [-0.3, -0.25) is 4.68 Å². The minimum absolute atomic E-state index is 0.121. The van der Waals surface area contributed by atoms with Crippen LogP contribution >= 0.6 is 11.6 Å². The van der Waals surface area contributed by atoms with Crippen LogP contribution in [-0.4, -0.2) is 33.2 Å². The van der Waals surface area contributed by atoms with E-state index >= 15 is 0 Å². The van der Waals surface area contributed by atoms with Crippen molar-refractivity contribution in [3.05, 3.63) is 17.5 Å². The lowest BCUT2D eigenvalue weighted by atomic mass is 10.3. The van der Waals surface area contributed by atoms with E-state index in [1.54, 1.807) is 0 Å². The van der Waals surface area contributed by atoms with E-state index in [9.17, 15) is 4.79 Å². The Hall–Kier alpha value is -1.56. The lowest BCUT2D eigenvalue weighted by Crippen LogP contribution is -2.07. The molecule has 1 heterocycles. The molecule has 0 radical (unpaired) electrons. The molecule has 0 aliphatic carbocycles. The summed E-state index contributed by atoms with van der Waals surface area (Å²) in [6.45, 7) is 2.32. The quantitative estimate of drug-likeness (QED) is 0.365. The average molecular weight is 232 g/mol. The second-order valence-corrected chi connectivity index (χ2v) is 2.97. The highest BCUT2D eigenvalue weighted by Gasteiger charge is 2.16. The van der Waals surface area contributed by atoms with Crippen molar-refractivity contribution < 1.29 is 14.7 Å². The van der Waals surface area contributed by atoms with Gasteiger partial charge in [-0.05, 0) is 6.92 Å². The van der Waals surface area contributed by atoms with Gasteiger partial charge in [-0.25, -0.2) is 4.79 Å². The van der Waals surface area contributed by atoms with E-state index in [0.29, 0.717) is 12.2 Å². The Labute approximate surface area is 91.1 Å². The predicted molar refractivity (Wildman–Crippen MR) is 53.4 cm³/mol. The summed E-state index contributed by atoms with van der Waals surface area (Å²) in [5, 5.41) is 15.2. The lowest BCUT2D eigenvalue weighted by Gasteiger charge is -1.99. The molecule has 0 bridgehead atoms. The fraction of sp³-hybridized carbons (Fsp3) is 0.375. The molecular weight excluding hydrogens is 222 g/mol. The number of carbonyl (C=O) groups excluding carboxylic acids is 1. The SMILES string of the molecule is CCn1nc(C(=O)OC)cc1/C(Cl)=N/O. The molecule has 1 N–H and O–H groups in total. The van der Waals surface area contributed by atoms with Crippen LogP contribution in [0.15, 0.2) is 11.2 Å². The second-order valence-electron chi connectivity index (χ2n) is 2.61. The Morgan fingerprint density at radius 1 is 1.80 bits per heavy atom. The number of hydrogen-bond donors (Lipinski definition) is 1. The van der Waals surface area contributed by atoms with Crippen LogP contribution in [0.1, 0.15) is 23.1 Å². The summed E-state index contributed by atoms with van der Waals surface area (Å²) < 4.78 is 5.94. The molecule has 6 nitrogen and oxygen atoms in total. The van der Waals surface area contributed by atoms with Gasteiger partial charge in [0, 0.05) is 12.6 Å². The lowest BCUT2D eigenvalue weighted by molar-refractivity contribution is 0.0593. The molecule has 82 valence electrons. The molecule has 1 aromatic rings. The number of rotatable bonds is 3. The van der Waals surface area contributed by atoms with Gasteiger partial charge in [-0.15, -0.1) is 0 Å². The van der Waals surface area contributed by atoms with Crippen LogP contribution < -0.4 is 0 Å². The summed E-state index contributed by atoms with van der Waals surface area (Å²) >= 11 is 5.62. The number of halogens is 1. The van der Waals surface area contributed by atoms with Gasteiger partial charge in [0.2, 0.25) is 0 Å². The van der Waals surface area contributed by atoms with Crippen LogP contribution in [0.5, 0.6) is 0 Å². The first kappa shape index (κ1) is 11.5. The summed E-state index contributed by atoms with van der Waals surface area (Å²) in [7, 11) is 1.26. The third-order valence-corrected chi connectivity index (χ3v) is 2.04. The molecule has 0 aliphatic rings. The minimum Gasteiger partial charge on any atom is -0.464 e. The Morgan fingerprint density at radius 3 is 2.93 bits per heavy atom. The Kier molecular flexibility index (Phi) is 3.68. The van der Waals surface area contributed by atoms with Crippen molar-refractivity contribution >= 4 is 22.7 Å². The van der Waals surface area contributed by atoms with Crippen molar-refractivity contribution in [1.29, 1.82) is 0 Å². The first-order valence-corrected chi connectivity index (χ1v) is 4.55. The number of methoxy groups -OCH3 is 1. The summed E-state index contributed by atoms with van der Waals surface area (Å²) in [5.41, 5.74) is 0.484. The van der Waals surface area contributed by atoms with Crippen molar-refractivity contribution in [1.82, 2.24) is 9.78 Å². The smallest absolute Gasteiger partial charge is 0.358 e. The molecule has 0 fully saturated rings. The predicted octanol–water partition coefficient (Wildman–Crippen LogP) is 1.06. The molecule has 0 aliphatic heterocycles. The number of nitrogens with zero attached hydrogens (tertiary/aromatic N) is 3. The molecular formula is C8H10ClN3O3. The normalized spacial score (nSPS) is 11.5. The third-order valence-electron chi connectivity index (χ3n) is 1.77. The van der Waals surface area contributed by atoms with Gasteiger partial charge in [0.15, 0.2) is 10.9 Å². The van der Waals surface area contributed by atoms with Crippen molar-refractivity contribution in [2.45, 2.75) is 13.5 Å². The monoisotopic (exact) mass is 231 g/mol. The van der Waals surface area contributed by atoms with Crippen LogP contribution in [-0.2, 0) is 11.3 Å². The van der Waals surface area contributed by atoms with Gasteiger partial charge in [0.1, 0.15) is 5.69 Å². The van der Waals surface area contributed by atoms with Gasteiger partial charge in [-0.2, -0.15) is 5.10 Å². The Balaban J connectivity index is 3.17. The molecule has 0 saturated heterocycles. The van der Waals surface area contributed by atoms with Gasteiger partial charge in [-0.1, -0.05) is 16.8 Å². The van der Waals surface area contributed by atoms with Crippen LogP contribution in [0.4, 0.5) is 0 Å². The van der Waals surface area contributed by atoms with E-state index in [4.69, 9.17) is 16.8 Å². The van der Waals surface area contributed by atoms with E-state index in [2.05, 4.69) is 15.0 Å². The highest BCUT2D eigenvalue weighted by atomic mass is 35.5. The summed E-state index contributed by atoms with van der Waals surface area (Å²) in [5.74, 6) is -0.564. The van der Waals surface area contributed by atoms with Gasteiger partial charge >= 0.3 is 5.97 Å². The first-order chi connectivity index (χ1) is 7.13.